The van der Waals surface area contributed by atoms with Gasteiger partial charge in [0.05, 0.1) is 19.4 Å². The highest BCUT2D eigenvalue weighted by molar-refractivity contribution is 8.55. The third kappa shape index (κ3) is 7.57. The molecule has 0 heterocycles. The normalized spacial score (nSPS) is 13.2. The zero-order chi connectivity index (χ0) is 17.1. The second-order valence-electron chi connectivity index (χ2n) is 4.66. The lowest BCUT2D eigenvalue weighted by Gasteiger charge is -2.22. The zero-order valence-electron chi connectivity index (χ0n) is 13.8. The summed E-state index contributed by atoms with van der Waals surface area (Å²) in [5, 5.41) is 11.5. The van der Waals surface area contributed by atoms with E-state index in [0.29, 0.717) is 18.0 Å². The van der Waals surface area contributed by atoms with Crippen LogP contribution in [0.4, 0.5) is 5.69 Å². The Morgan fingerprint density at radius 1 is 1.30 bits per heavy atom. The first-order valence-corrected chi connectivity index (χ1v) is 11.2. The van der Waals surface area contributed by atoms with Crippen LogP contribution in [0, 0.1) is 5.16 Å². The third-order valence-electron chi connectivity index (χ3n) is 2.85. The third-order valence-corrected chi connectivity index (χ3v) is 7.10. The minimum absolute atomic E-state index is 0.134. The van der Waals surface area contributed by atoms with E-state index in [1.54, 1.807) is 7.11 Å². The first-order valence-electron chi connectivity index (χ1n) is 7.61. The summed E-state index contributed by atoms with van der Waals surface area (Å²) in [7, 11) is 1.59. The Bertz CT molecular complexity index is 543. The zero-order valence-corrected chi connectivity index (χ0v) is 16.4. The molecule has 0 aromatic heterocycles. The molecule has 5 nitrogen and oxygen atoms in total. The van der Waals surface area contributed by atoms with Gasteiger partial charge in [-0.1, -0.05) is 31.9 Å². The van der Waals surface area contributed by atoms with Crippen molar-refractivity contribution in [2.45, 2.75) is 33.1 Å². The fourth-order valence-corrected chi connectivity index (χ4v) is 5.74. The molecule has 130 valence electrons. The van der Waals surface area contributed by atoms with Gasteiger partial charge in [-0.3, -0.25) is 5.16 Å². The number of benzene rings is 1. The van der Waals surface area contributed by atoms with Gasteiger partial charge < -0.3 is 19.1 Å². The van der Waals surface area contributed by atoms with Gasteiger partial charge in [0.2, 0.25) is 0 Å². The molecule has 1 aromatic rings. The Balaban J connectivity index is 2.64. The highest BCUT2D eigenvalue weighted by Crippen LogP contribution is 2.61. The summed E-state index contributed by atoms with van der Waals surface area (Å²) in [6.45, 7) is 1.63. The van der Waals surface area contributed by atoms with Crippen molar-refractivity contribution in [3.63, 3.8) is 0 Å². The number of hydrogen-bond acceptors (Lipinski definition) is 6. The first kappa shape index (κ1) is 20.3. The van der Waals surface area contributed by atoms with Crippen molar-refractivity contribution in [3.8, 4) is 5.75 Å². The molecule has 2 N–H and O–H groups in total. The maximum Gasteiger partial charge on any atom is 0.322 e. The molecule has 0 aliphatic rings. The van der Waals surface area contributed by atoms with E-state index in [0.717, 1.165) is 25.0 Å². The van der Waals surface area contributed by atoms with Gasteiger partial charge in [0.1, 0.15) is 5.75 Å². The van der Waals surface area contributed by atoms with Crippen LogP contribution in [0.1, 0.15) is 33.1 Å². The Kier molecular flexibility index (Phi) is 9.63. The van der Waals surface area contributed by atoms with Gasteiger partial charge in [0.15, 0.2) is 0 Å². The lowest BCUT2D eigenvalue weighted by Crippen LogP contribution is -2.13. The Morgan fingerprint density at radius 2 is 2.04 bits per heavy atom. The van der Waals surface area contributed by atoms with Crippen molar-refractivity contribution < 1.29 is 13.8 Å². The predicted octanol–water partition coefficient (Wildman–Crippen LogP) is 5.89. The van der Waals surface area contributed by atoms with Crippen LogP contribution in [0.15, 0.2) is 24.3 Å². The van der Waals surface area contributed by atoms with Crippen molar-refractivity contribution in [2.24, 2.45) is 0 Å². The predicted molar refractivity (Wildman–Crippen MR) is 104 cm³/mol. The van der Waals surface area contributed by atoms with Crippen molar-refractivity contribution >= 4 is 41.2 Å². The number of ether oxygens (including phenoxy) is 1. The van der Waals surface area contributed by atoms with E-state index in [2.05, 4.69) is 12.2 Å². The van der Waals surface area contributed by atoms with Gasteiger partial charge in [0.25, 0.3) is 5.17 Å². The molecule has 8 heteroatoms. The maximum absolute atomic E-state index is 8.42. The molecule has 0 saturated carbocycles. The number of nitrogens with one attached hydrogen (secondary N) is 2. The van der Waals surface area contributed by atoms with E-state index in [4.69, 9.17) is 31.2 Å². The minimum Gasteiger partial charge on any atom is -0.495 e. The van der Waals surface area contributed by atoms with Gasteiger partial charge in [-0.15, -0.1) is 0 Å². The lowest BCUT2D eigenvalue weighted by molar-refractivity contribution is 0.334. The number of methoxy groups -OCH3 is 1. The van der Waals surface area contributed by atoms with Crippen LogP contribution in [0.2, 0.25) is 0 Å². The molecule has 1 unspecified atom stereocenters. The van der Waals surface area contributed by atoms with E-state index >= 15 is 0 Å². The highest BCUT2D eigenvalue weighted by atomic mass is 32.7. The lowest BCUT2D eigenvalue weighted by atomic mass is 10.3. The SMILES string of the molecule is CCCCCSP(=N)(OCC)OC(=S)Nc1ccccc1OC. The second kappa shape index (κ2) is 10.9. The van der Waals surface area contributed by atoms with Gasteiger partial charge in [-0.05, 0) is 49.1 Å². The van der Waals surface area contributed by atoms with Crippen LogP contribution in [-0.4, -0.2) is 24.6 Å². The molecule has 0 radical (unpaired) electrons. The van der Waals surface area contributed by atoms with Crippen LogP contribution in [0.5, 0.6) is 5.75 Å². The van der Waals surface area contributed by atoms with Crippen LogP contribution in [0.3, 0.4) is 0 Å². The van der Waals surface area contributed by atoms with Gasteiger partial charge >= 0.3 is 6.71 Å². The number of rotatable bonds is 10. The monoisotopic (exact) mass is 376 g/mol. The summed E-state index contributed by atoms with van der Waals surface area (Å²) in [6, 6.07) is 7.42. The van der Waals surface area contributed by atoms with Crippen LogP contribution < -0.4 is 10.1 Å². The van der Waals surface area contributed by atoms with Crippen LogP contribution in [0.25, 0.3) is 0 Å². The molecule has 23 heavy (non-hydrogen) atoms. The largest absolute Gasteiger partial charge is 0.495 e. The number of para-hydroxylation sites is 2. The molecular formula is C15H25N2O3PS2. The van der Waals surface area contributed by atoms with E-state index in [-0.39, 0.29) is 5.17 Å². The van der Waals surface area contributed by atoms with E-state index in [1.807, 2.05) is 31.2 Å². The number of unbranched alkanes of at least 4 members (excludes halogenated alkanes) is 2. The topological polar surface area (TPSA) is 63.6 Å². The molecule has 0 aliphatic heterocycles. The summed E-state index contributed by atoms with van der Waals surface area (Å²) in [5.41, 5.74) is 0.707. The molecule has 1 atom stereocenters. The summed E-state index contributed by atoms with van der Waals surface area (Å²) >= 11 is 6.64. The molecule has 1 aromatic carbocycles. The van der Waals surface area contributed by atoms with Crippen LogP contribution in [-0.2, 0) is 9.05 Å². The summed E-state index contributed by atoms with van der Waals surface area (Å²) in [6.07, 6.45) is 3.33. The first-order chi connectivity index (χ1) is 11.0. The minimum atomic E-state index is -2.80. The molecular weight excluding hydrogens is 351 g/mol. The Morgan fingerprint density at radius 3 is 2.70 bits per heavy atom. The standard InChI is InChI=1S/C15H25N2O3PS2/c1-4-6-9-12-23-21(16,19-5-2)20-15(22)17-13-10-7-8-11-14(13)18-3/h7-8,10-11,16H,4-6,9,12H2,1-3H3,(H,17,22). The molecule has 0 aliphatic carbocycles. The number of thiocarbonyl (C=S) groups is 1. The molecule has 0 spiro atoms. The molecule has 0 saturated heterocycles. The quantitative estimate of drug-likeness (QED) is 0.301. The average molecular weight is 376 g/mol. The maximum atomic E-state index is 8.42. The van der Waals surface area contributed by atoms with Gasteiger partial charge in [-0.25, -0.2) is 0 Å². The van der Waals surface area contributed by atoms with Gasteiger partial charge in [0, 0.05) is 5.75 Å². The summed E-state index contributed by atoms with van der Waals surface area (Å²) in [5.74, 6) is 1.50. The van der Waals surface area contributed by atoms with E-state index in [9.17, 15) is 0 Å². The fourth-order valence-electron chi connectivity index (χ4n) is 1.79. The molecule has 0 fully saturated rings. The average Bonchev–Trinajstić information content (AvgIpc) is 2.52. The highest BCUT2D eigenvalue weighted by Gasteiger charge is 2.23. The van der Waals surface area contributed by atoms with Crippen LogP contribution >= 0.6 is 30.3 Å². The van der Waals surface area contributed by atoms with E-state index in [1.165, 1.54) is 11.4 Å². The van der Waals surface area contributed by atoms with Crippen molar-refractivity contribution in [1.29, 1.82) is 5.16 Å². The van der Waals surface area contributed by atoms with Crippen molar-refractivity contribution in [1.82, 2.24) is 0 Å². The van der Waals surface area contributed by atoms with Crippen molar-refractivity contribution in [3.05, 3.63) is 24.3 Å². The molecule has 0 bridgehead atoms. The van der Waals surface area contributed by atoms with Gasteiger partial charge in [-0.2, -0.15) is 0 Å². The number of hydrogen-bond donors (Lipinski definition) is 2. The summed E-state index contributed by atoms with van der Waals surface area (Å²) < 4.78 is 16.4. The van der Waals surface area contributed by atoms with E-state index < -0.39 is 6.71 Å². The second-order valence-corrected chi connectivity index (χ2v) is 9.35. The molecule has 1 rings (SSSR count). The fraction of sp³-hybridized carbons (Fsp3) is 0.533. The van der Waals surface area contributed by atoms with Crippen molar-refractivity contribution in [2.75, 3.05) is 24.8 Å². The molecule has 0 amide bonds. The smallest absolute Gasteiger partial charge is 0.322 e. The number of anilines is 1. The Hall–Kier alpha value is -0.750. The Labute approximate surface area is 148 Å². The summed E-state index contributed by atoms with van der Waals surface area (Å²) in [4.78, 5) is 0.